The Labute approximate surface area is 150 Å². The van der Waals surface area contributed by atoms with Crippen molar-refractivity contribution in [1.82, 2.24) is 9.88 Å². The second-order valence-corrected chi connectivity index (χ2v) is 8.03. The molecule has 0 aromatic carbocycles. The minimum absolute atomic E-state index is 0.127. The number of aryl methyl sites for hydroxylation is 2. The normalized spacial score (nSPS) is 24.1. The van der Waals surface area contributed by atoms with Gasteiger partial charge in [0.25, 0.3) is 0 Å². The lowest BCUT2D eigenvalue weighted by Crippen LogP contribution is -2.55. The van der Waals surface area contributed by atoms with Gasteiger partial charge in [0.2, 0.25) is 5.91 Å². The second kappa shape index (κ2) is 6.67. The third-order valence-electron chi connectivity index (χ3n) is 5.72. The van der Waals surface area contributed by atoms with Crippen molar-refractivity contribution in [3.63, 3.8) is 0 Å². The number of rotatable bonds is 2. The molecule has 0 saturated carbocycles. The van der Waals surface area contributed by atoms with E-state index in [2.05, 4.69) is 24.8 Å². The number of nitrogens with zero attached hydrogens (tertiary/aromatic N) is 4. The van der Waals surface area contributed by atoms with Crippen LogP contribution >= 0.6 is 0 Å². The molecule has 3 heterocycles. The van der Waals surface area contributed by atoms with Crippen LogP contribution in [0.2, 0.25) is 0 Å². The molecule has 1 spiro atoms. The molecular weight excluding hydrogens is 312 g/mol. The maximum atomic E-state index is 12.3. The Kier molecular flexibility index (Phi) is 4.73. The average molecular weight is 340 g/mol. The molecule has 5 heteroatoms. The molecule has 0 bridgehead atoms. The number of nitriles is 1. The fourth-order valence-corrected chi connectivity index (χ4v) is 4.42. The number of anilines is 1. The first-order valence-electron chi connectivity index (χ1n) is 9.28. The molecule has 25 heavy (non-hydrogen) atoms. The molecule has 1 amide bonds. The van der Waals surface area contributed by atoms with Crippen molar-refractivity contribution < 1.29 is 4.79 Å². The van der Waals surface area contributed by atoms with E-state index < -0.39 is 0 Å². The third kappa shape index (κ3) is 3.35. The first-order valence-corrected chi connectivity index (χ1v) is 9.28. The number of carbonyl (C=O) groups is 1. The van der Waals surface area contributed by atoms with Crippen LogP contribution in [0.5, 0.6) is 0 Å². The molecule has 1 atom stereocenters. The molecule has 2 fully saturated rings. The zero-order valence-electron chi connectivity index (χ0n) is 15.8. The fourth-order valence-electron chi connectivity index (χ4n) is 4.42. The van der Waals surface area contributed by atoms with Crippen LogP contribution in [-0.4, -0.2) is 41.5 Å². The van der Waals surface area contributed by atoms with E-state index in [0.29, 0.717) is 12.0 Å². The Bertz CT molecular complexity index is 721. The Balaban J connectivity index is 1.90. The Hall–Kier alpha value is -2.09. The molecule has 1 aromatic heterocycles. The highest BCUT2D eigenvalue weighted by Gasteiger charge is 2.43. The second-order valence-electron chi connectivity index (χ2n) is 8.03. The zero-order chi connectivity index (χ0) is 18.2. The summed E-state index contributed by atoms with van der Waals surface area (Å²) in [6.45, 7) is 10.8. The summed E-state index contributed by atoms with van der Waals surface area (Å²) < 4.78 is 0. The van der Waals surface area contributed by atoms with Gasteiger partial charge in [0.15, 0.2) is 0 Å². The van der Waals surface area contributed by atoms with Gasteiger partial charge in [-0.1, -0.05) is 0 Å². The lowest BCUT2D eigenvalue weighted by Gasteiger charge is -2.49. The molecule has 3 rings (SSSR count). The number of piperidine rings is 2. The average Bonchev–Trinajstić information content (AvgIpc) is 2.57. The van der Waals surface area contributed by atoms with Gasteiger partial charge in [0.05, 0.1) is 5.56 Å². The molecule has 2 aliphatic heterocycles. The number of likely N-dealkylation sites (tertiary alicyclic amines) is 1. The van der Waals surface area contributed by atoms with Gasteiger partial charge in [-0.05, 0) is 58.6 Å². The lowest BCUT2D eigenvalue weighted by molar-refractivity contribution is -0.140. The van der Waals surface area contributed by atoms with E-state index in [-0.39, 0.29) is 17.4 Å². The van der Waals surface area contributed by atoms with E-state index >= 15 is 0 Å². The predicted molar refractivity (Wildman–Crippen MR) is 98.4 cm³/mol. The standard InChI is InChI=1S/C20H28N4O/c1-14(2)24-13-20(8-6-18(24)25)7-5-9-23(12-20)19-17(11-21)15(3)10-16(4)22-19/h10,14H,5-9,12-13H2,1-4H3. The van der Waals surface area contributed by atoms with Crippen LogP contribution in [0.25, 0.3) is 0 Å². The molecule has 1 unspecified atom stereocenters. The van der Waals surface area contributed by atoms with Crippen LogP contribution in [0, 0.1) is 30.6 Å². The van der Waals surface area contributed by atoms with Gasteiger partial charge in [-0.3, -0.25) is 4.79 Å². The van der Waals surface area contributed by atoms with Gasteiger partial charge in [0.1, 0.15) is 11.9 Å². The van der Waals surface area contributed by atoms with Gasteiger partial charge >= 0.3 is 0 Å². The number of amides is 1. The lowest BCUT2D eigenvalue weighted by atomic mass is 9.73. The van der Waals surface area contributed by atoms with Crippen LogP contribution in [0.3, 0.4) is 0 Å². The molecule has 2 saturated heterocycles. The largest absolute Gasteiger partial charge is 0.355 e. The molecular formula is C20H28N4O. The molecule has 0 aliphatic carbocycles. The highest BCUT2D eigenvalue weighted by Crippen LogP contribution is 2.41. The Morgan fingerprint density at radius 2 is 2.04 bits per heavy atom. The summed E-state index contributed by atoms with van der Waals surface area (Å²) in [6, 6.07) is 4.56. The summed E-state index contributed by atoms with van der Waals surface area (Å²) in [5.74, 6) is 1.10. The predicted octanol–water partition coefficient (Wildman–Crippen LogP) is 3.19. The van der Waals surface area contributed by atoms with Gasteiger partial charge in [-0.15, -0.1) is 0 Å². The highest BCUT2D eigenvalue weighted by atomic mass is 16.2. The zero-order valence-corrected chi connectivity index (χ0v) is 15.8. The minimum atomic E-state index is 0.127. The van der Waals surface area contributed by atoms with Gasteiger partial charge in [0, 0.05) is 43.2 Å². The van der Waals surface area contributed by atoms with Crippen molar-refractivity contribution in [2.24, 2.45) is 5.41 Å². The summed E-state index contributed by atoms with van der Waals surface area (Å²) in [5.41, 5.74) is 2.76. The third-order valence-corrected chi connectivity index (χ3v) is 5.72. The topological polar surface area (TPSA) is 60.2 Å². The van der Waals surface area contributed by atoms with Crippen LogP contribution in [-0.2, 0) is 4.79 Å². The summed E-state index contributed by atoms with van der Waals surface area (Å²) in [6.07, 6.45) is 3.81. The first kappa shape index (κ1) is 17.7. The molecule has 5 nitrogen and oxygen atoms in total. The number of carbonyl (C=O) groups excluding carboxylic acids is 1. The Morgan fingerprint density at radius 3 is 2.72 bits per heavy atom. The van der Waals surface area contributed by atoms with Crippen LogP contribution in [0.15, 0.2) is 6.07 Å². The highest BCUT2D eigenvalue weighted by molar-refractivity contribution is 5.77. The van der Waals surface area contributed by atoms with Crippen LogP contribution < -0.4 is 4.90 Å². The van der Waals surface area contributed by atoms with Crippen molar-refractivity contribution >= 4 is 11.7 Å². The Morgan fingerprint density at radius 1 is 1.28 bits per heavy atom. The van der Waals surface area contributed by atoms with E-state index in [9.17, 15) is 10.1 Å². The molecule has 0 radical (unpaired) electrons. The number of hydrogen-bond donors (Lipinski definition) is 0. The number of hydrogen-bond acceptors (Lipinski definition) is 4. The fraction of sp³-hybridized carbons (Fsp3) is 0.650. The molecule has 134 valence electrons. The minimum Gasteiger partial charge on any atom is -0.355 e. The summed E-state index contributed by atoms with van der Waals surface area (Å²) in [7, 11) is 0. The maximum absolute atomic E-state index is 12.3. The van der Waals surface area contributed by atoms with Crippen molar-refractivity contribution in [3.8, 4) is 6.07 Å². The number of pyridine rings is 1. The van der Waals surface area contributed by atoms with Crippen molar-refractivity contribution in [3.05, 3.63) is 22.9 Å². The maximum Gasteiger partial charge on any atom is 0.222 e. The van der Waals surface area contributed by atoms with Gasteiger partial charge in [-0.25, -0.2) is 4.98 Å². The first-order chi connectivity index (χ1) is 11.8. The number of aromatic nitrogens is 1. The van der Waals surface area contributed by atoms with E-state index in [1.165, 1.54) is 0 Å². The summed E-state index contributed by atoms with van der Waals surface area (Å²) >= 11 is 0. The quantitative estimate of drug-likeness (QED) is 0.829. The molecule has 1 aromatic rings. The summed E-state index contributed by atoms with van der Waals surface area (Å²) in [4.78, 5) is 21.3. The van der Waals surface area contributed by atoms with E-state index in [0.717, 1.165) is 56.0 Å². The van der Waals surface area contributed by atoms with Crippen LogP contribution in [0.4, 0.5) is 5.82 Å². The van der Waals surface area contributed by atoms with Crippen LogP contribution in [0.1, 0.15) is 56.4 Å². The molecule has 0 N–H and O–H groups in total. The van der Waals surface area contributed by atoms with E-state index in [1.807, 2.05) is 24.8 Å². The van der Waals surface area contributed by atoms with Crippen molar-refractivity contribution in [2.45, 2.75) is 59.4 Å². The monoisotopic (exact) mass is 340 g/mol. The van der Waals surface area contributed by atoms with Gasteiger partial charge < -0.3 is 9.80 Å². The smallest absolute Gasteiger partial charge is 0.222 e. The molecule has 2 aliphatic rings. The van der Waals surface area contributed by atoms with Crippen molar-refractivity contribution in [1.29, 1.82) is 5.26 Å². The van der Waals surface area contributed by atoms with Crippen molar-refractivity contribution in [2.75, 3.05) is 24.5 Å². The van der Waals surface area contributed by atoms with Gasteiger partial charge in [-0.2, -0.15) is 5.26 Å². The van der Waals surface area contributed by atoms with E-state index in [1.54, 1.807) is 0 Å². The SMILES string of the molecule is Cc1cc(C)c(C#N)c(N2CCCC3(CCC(=O)N(C(C)C)C3)C2)n1. The van der Waals surface area contributed by atoms with E-state index in [4.69, 9.17) is 4.98 Å². The summed E-state index contributed by atoms with van der Waals surface area (Å²) in [5, 5.41) is 9.60.